The highest BCUT2D eigenvalue weighted by molar-refractivity contribution is 5.91. The monoisotopic (exact) mass is 208 g/mol. The minimum absolute atomic E-state index is 1.23. The molecule has 0 bridgehead atoms. The van der Waals surface area contributed by atoms with Crippen LogP contribution in [-0.2, 0) is 0 Å². The first-order valence-corrected chi connectivity index (χ1v) is 5.55. The Labute approximate surface area is 96.9 Å². The molecule has 16 heavy (non-hydrogen) atoms. The molecule has 0 atom stereocenters. The van der Waals surface area contributed by atoms with Crippen molar-refractivity contribution in [3.05, 3.63) is 59.7 Å². The van der Waals surface area contributed by atoms with Gasteiger partial charge in [-0.3, -0.25) is 0 Å². The molecule has 2 aromatic rings. The van der Waals surface area contributed by atoms with Crippen LogP contribution in [0.3, 0.4) is 0 Å². The summed E-state index contributed by atoms with van der Waals surface area (Å²) in [7, 11) is 0. The van der Waals surface area contributed by atoms with Crippen molar-refractivity contribution in [3.63, 3.8) is 0 Å². The minimum Gasteiger partial charge on any atom is -0.0984 e. The molecule has 0 saturated heterocycles. The molecule has 0 spiro atoms. The van der Waals surface area contributed by atoms with Gasteiger partial charge in [-0.15, -0.1) is 0 Å². The molecule has 80 valence electrons. The standard InChI is InChI=1S/C16H16/c1-4-8-13-11-14-9-6-7-10-16(14)12(3)15(13)5-2/h4-11H,2H2,1,3H3/b8-4-. The van der Waals surface area contributed by atoms with Crippen molar-refractivity contribution >= 4 is 22.9 Å². The van der Waals surface area contributed by atoms with Gasteiger partial charge in [0.1, 0.15) is 0 Å². The SMILES string of the molecule is C=Cc1c(/C=C\C)cc2ccccc2c1C. The molecular formula is C16H16. The maximum absolute atomic E-state index is 3.91. The quantitative estimate of drug-likeness (QED) is 0.663. The molecule has 0 nitrogen and oxygen atoms in total. The van der Waals surface area contributed by atoms with E-state index in [9.17, 15) is 0 Å². The van der Waals surface area contributed by atoms with E-state index in [1.807, 2.05) is 13.0 Å². The summed E-state index contributed by atoms with van der Waals surface area (Å²) in [6.45, 7) is 8.11. The lowest BCUT2D eigenvalue weighted by Gasteiger charge is -2.10. The Morgan fingerprint density at radius 1 is 1.19 bits per heavy atom. The smallest absolute Gasteiger partial charge is 0.0148 e. The molecule has 2 aromatic carbocycles. The van der Waals surface area contributed by atoms with Gasteiger partial charge in [0, 0.05) is 0 Å². The van der Waals surface area contributed by atoms with E-state index in [2.05, 4.69) is 56.0 Å². The van der Waals surface area contributed by atoms with Crippen molar-refractivity contribution in [2.24, 2.45) is 0 Å². The van der Waals surface area contributed by atoms with Gasteiger partial charge in [0.2, 0.25) is 0 Å². The van der Waals surface area contributed by atoms with Crippen molar-refractivity contribution < 1.29 is 0 Å². The summed E-state index contributed by atoms with van der Waals surface area (Å²) in [6.07, 6.45) is 6.14. The molecule has 0 fully saturated rings. The van der Waals surface area contributed by atoms with Crippen LogP contribution in [0.25, 0.3) is 22.9 Å². The molecule has 0 unspecified atom stereocenters. The van der Waals surface area contributed by atoms with E-state index < -0.39 is 0 Å². The second-order valence-electron chi connectivity index (χ2n) is 3.93. The molecule has 0 aliphatic heterocycles. The maximum Gasteiger partial charge on any atom is -0.0148 e. The van der Waals surface area contributed by atoms with Crippen LogP contribution in [0, 0.1) is 6.92 Å². The molecule has 0 aromatic heterocycles. The topological polar surface area (TPSA) is 0 Å². The van der Waals surface area contributed by atoms with E-state index in [0.717, 1.165) is 0 Å². The lowest BCUT2D eigenvalue weighted by molar-refractivity contribution is 1.48. The molecular weight excluding hydrogens is 192 g/mol. The number of hydrogen-bond acceptors (Lipinski definition) is 0. The highest BCUT2D eigenvalue weighted by Gasteiger charge is 2.05. The Hall–Kier alpha value is -1.82. The van der Waals surface area contributed by atoms with Crippen LogP contribution in [0.5, 0.6) is 0 Å². The number of allylic oxidation sites excluding steroid dienone is 1. The van der Waals surface area contributed by atoms with Crippen molar-refractivity contribution in [2.75, 3.05) is 0 Å². The van der Waals surface area contributed by atoms with Crippen LogP contribution < -0.4 is 0 Å². The fraction of sp³-hybridized carbons (Fsp3) is 0.125. The molecule has 0 heterocycles. The second kappa shape index (κ2) is 4.36. The molecule has 0 amide bonds. The molecule has 0 saturated carbocycles. The second-order valence-corrected chi connectivity index (χ2v) is 3.93. The third-order valence-corrected chi connectivity index (χ3v) is 2.94. The Kier molecular flexibility index (Phi) is 2.91. The number of rotatable bonds is 2. The molecule has 0 N–H and O–H groups in total. The summed E-state index contributed by atoms with van der Waals surface area (Å²) in [5.74, 6) is 0. The third-order valence-electron chi connectivity index (χ3n) is 2.94. The molecule has 0 aliphatic carbocycles. The normalized spacial score (nSPS) is 11.1. The highest BCUT2D eigenvalue weighted by Crippen LogP contribution is 2.27. The Morgan fingerprint density at radius 2 is 1.94 bits per heavy atom. The zero-order chi connectivity index (χ0) is 11.5. The number of aryl methyl sites for hydroxylation is 1. The van der Waals surface area contributed by atoms with Crippen LogP contribution in [0.2, 0.25) is 0 Å². The van der Waals surface area contributed by atoms with E-state index in [1.54, 1.807) is 0 Å². The summed E-state index contributed by atoms with van der Waals surface area (Å²) in [5, 5.41) is 2.60. The molecule has 2 rings (SSSR count). The predicted octanol–water partition coefficient (Wildman–Crippen LogP) is 4.82. The molecule has 0 aliphatic rings. The fourth-order valence-electron chi connectivity index (χ4n) is 2.16. The van der Waals surface area contributed by atoms with Gasteiger partial charge in [-0.05, 0) is 47.4 Å². The van der Waals surface area contributed by atoms with Crippen LogP contribution >= 0.6 is 0 Å². The van der Waals surface area contributed by atoms with Gasteiger partial charge in [0.15, 0.2) is 0 Å². The van der Waals surface area contributed by atoms with Crippen LogP contribution in [0.15, 0.2) is 43.0 Å². The van der Waals surface area contributed by atoms with E-state index in [4.69, 9.17) is 0 Å². The van der Waals surface area contributed by atoms with Crippen molar-refractivity contribution in [3.8, 4) is 0 Å². The summed E-state index contributed by atoms with van der Waals surface area (Å²) >= 11 is 0. The average molecular weight is 208 g/mol. The van der Waals surface area contributed by atoms with Gasteiger partial charge in [-0.25, -0.2) is 0 Å². The maximum atomic E-state index is 3.91. The number of fused-ring (bicyclic) bond motifs is 1. The van der Waals surface area contributed by atoms with Gasteiger partial charge >= 0.3 is 0 Å². The van der Waals surface area contributed by atoms with Crippen LogP contribution in [0.4, 0.5) is 0 Å². The zero-order valence-electron chi connectivity index (χ0n) is 9.83. The van der Waals surface area contributed by atoms with Gasteiger partial charge in [-0.2, -0.15) is 0 Å². The largest absolute Gasteiger partial charge is 0.0984 e. The van der Waals surface area contributed by atoms with Gasteiger partial charge in [-0.1, -0.05) is 49.1 Å². The number of benzene rings is 2. The van der Waals surface area contributed by atoms with Crippen LogP contribution in [-0.4, -0.2) is 0 Å². The summed E-state index contributed by atoms with van der Waals surface area (Å²) < 4.78 is 0. The molecule has 0 heteroatoms. The summed E-state index contributed by atoms with van der Waals surface area (Å²) in [5.41, 5.74) is 3.78. The first-order valence-electron chi connectivity index (χ1n) is 5.55. The zero-order valence-corrected chi connectivity index (χ0v) is 9.83. The van der Waals surface area contributed by atoms with Crippen LogP contribution in [0.1, 0.15) is 23.6 Å². The fourth-order valence-corrected chi connectivity index (χ4v) is 2.16. The average Bonchev–Trinajstić information content (AvgIpc) is 2.30. The lowest BCUT2D eigenvalue weighted by Crippen LogP contribution is -1.88. The van der Waals surface area contributed by atoms with Crippen molar-refractivity contribution in [1.82, 2.24) is 0 Å². The summed E-state index contributed by atoms with van der Waals surface area (Å²) in [4.78, 5) is 0. The third kappa shape index (κ3) is 1.67. The van der Waals surface area contributed by atoms with Crippen molar-refractivity contribution in [2.45, 2.75) is 13.8 Å². The first-order chi connectivity index (χ1) is 7.77. The van der Waals surface area contributed by atoms with Crippen molar-refractivity contribution in [1.29, 1.82) is 0 Å². The molecule has 0 radical (unpaired) electrons. The minimum atomic E-state index is 1.23. The van der Waals surface area contributed by atoms with Gasteiger partial charge in [0.25, 0.3) is 0 Å². The predicted molar refractivity (Wildman–Crippen MR) is 73.5 cm³/mol. The Bertz CT molecular complexity index is 560. The Balaban J connectivity index is 2.86. The first kappa shape index (κ1) is 10.7. The van der Waals surface area contributed by atoms with E-state index in [-0.39, 0.29) is 0 Å². The summed E-state index contributed by atoms with van der Waals surface area (Å²) in [6, 6.07) is 10.7. The van der Waals surface area contributed by atoms with Gasteiger partial charge in [0.05, 0.1) is 0 Å². The Morgan fingerprint density at radius 3 is 2.62 bits per heavy atom. The van der Waals surface area contributed by atoms with E-state index in [0.29, 0.717) is 0 Å². The van der Waals surface area contributed by atoms with E-state index >= 15 is 0 Å². The van der Waals surface area contributed by atoms with Gasteiger partial charge < -0.3 is 0 Å². The number of hydrogen-bond donors (Lipinski definition) is 0. The lowest BCUT2D eigenvalue weighted by atomic mass is 9.95. The van der Waals surface area contributed by atoms with E-state index in [1.165, 1.54) is 27.5 Å². The highest BCUT2D eigenvalue weighted by atomic mass is 14.1.